The van der Waals surface area contributed by atoms with E-state index < -0.39 is 0 Å². The van der Waals surface area contributed by atoms with Gasteiger partial charge in [0.1, 0.15) is 0 Å². The second-order valence-electron chi connectivity index (χ2n) is 9.95. The highest BCUT2D eigenvalue weighted by molar-refractivity contribution is 6.41. The number of fused-ring (bicyclic) bond motifs is 9. The summed E-state index contributed by atoms with van der Waals surface area (Å²) in [6.45, 7) is 0. The highest BCUT2D eigenvalue weighted by atomic mass is 14.6. The molecule has 0 saturated carbocycles. The van der Waals surface area contributed by atoms with Gasteiger partial charge in [0.25, 0.3) is 0 Å². The maximum absolute atomic E-state index is 4.42. The summed E-state index contributed by atoms with van der Waals surface area (Å²) >= 11 is 0. The first-order valence-corrected chi connectivity index (χ1v) is 12.5. The van der Waals surface area contributed by atoms with Crippen LogP contribution < -0.4 is 0 Å². The summed E-state index contributed by atoms with van der Waals surface area (Å²) < 4.78 is 0. The standard InChI is InChI=1S/C35H19N/c1-2-9-23-22(8-1)26-12-5-13-27-28-17-33-25-11-4-3-10-24(25)30-15-21(20-7-6-14-36-19-20)16-31(35(30)33)29(28)18-32(23)34(26)27/h1-19H. The Balaban J connectivity index is 1.60. The van der Waals surface area contributed by atoms with E-state index in [1.807, 2.05) is 18.5 Å². The lowest BCUT2D eigenvalue weighted by Gasteiger charge is -2.12. The van der Waals surface area contributed by atoms with Crippen molar-refractivity contribution in [2.45, 2.75) is 0 Å². The van der Waals surface area contributed by atoms with Crippen LogP contribution in [0.5, 0.6) is 0 Å². The Morgan fingerprint density at radius 2 is 0.806 bits per heavy atom. The molecule has 0 saturated heterocycles. The predicted octanol–water partition coefficient (Wildman–Crippen LogP) is 9.70. The van der Waals surface area contributed by atoms with E-state index in [-0.39, 0.29) is 0 Å². The summed E-state index contributed by atoms with van der Waals surface area (Å²) in [7, 11) is 0. The van der Waals surface area contributed by atoms with Gasteiger partial charge < -0.3 is 0 Å². The van der Waals surface area contributed by atoms with Crippen molar-refractivity contribution < 1.29 is 0 Å². The minimum Gasteiger partial charge on any atom is -0.264 e. The van der Waals surface area contributed by atoms with Crippen LogP contribution in [0.4, 0.5) is 0 Å². The third kappa shape index (κ3) is 2.19. The molecule has 0 aliphatic carbocycles. The average Bonchev–Trinajstić information content (AvgIpc) is 3.44. The summed E-state index contributed by atoms with van der Waals surface area (Å²) in [6.07, 6.45) is 3.81. The molecule has 9 aromatic rings. The van der Waals surface area contributed by atoms with Crippen molar-refractivity contribution in [3.05, 3.63) is 116 Å². The van der Waals surface area contributed by atoms with Gasteiger partial charge in [-0.15, -0.1) is 0 Å². The lowest BCUT2D eigenvalue weighted by molar-refractivity contribution is 1.33. The number of benzene rings is 6. The molecule has 0 N–H and O–H groups in total. The molecular weight excluding hydrogens is 434 g/mol. The first kappa shape index (κ1) is 18.6. The van der Waals surface area contributed by atoms with Gasteiger partial charge >= 0.3 is 0 Å². The van der Waals surface area contributed by atoms with Crippen LogP contribution in [0.15, 0.2) is 116 Å². The third-order valence-electron chi connectivity index (χ3n) is 8.20. The van der Waals surface area contributed by atoms with E-state index in [9.17, 15) is 0 Å². The molecule has 1 heteroatoms. The third-order valence-corrected chi connectivity index (χ3v) is 8.20. The fourth-order valence-electron chi connectivity index (χ4n) is 6.71. The maximum atomic E-state index is 4.42. The number of pyridine rings is 1. The van der Waals surface area contributed by atoms with Crippen LogP contribution in [0.1, 0.15) is 0 Å². The van der Waals surface area contributed by atoms with Gasteiger partial charge in [0.15, 0.2) is 0 Å². The van der Waals surface area contributed by atoms with Gasteiger partial charge in [0.05, 0.1) is 0 Å². The monoisotopic (exact) mass is 453 g/mol. The van der Waals surface area contributed by atoms with Crippen LogP contribution in [0.2, 0.25) is 0 Å². The smallest absolute Gasteiger partial charge is 0.0346 e. The Morgan fingerprint density at radius 3 is 1.42 bits per heavy atom. The SMILES string of the molecule is c1cncc(-c2cc3c4ccccc4c4cc5c(cc6c7ccccc7c7cccc5c76)c(c2)c34)c1. The van der Waals surface area contributed by atoms with Gasteiger partial charge in [0.2, 0.25) is 0 Å². The van der Waals surface area contributed by atoms with Crippen molar-refractivity contribution in [2.24, 2.45) is 0 Å². The van der Waals surface area contributed by atoms with Gasteiger partial charge in [-0.1, -0.05) is 72.8 Å². The largest absolute Gasteiger partial charge is 0.264 e. The molecule has 1 nitrogen and oxygen atoms in total. The number of hydrogen-bond donors (Lipinski definition) is 0. The molecule has 0 aliphatic rings. The molecule has 36 heavy (non-hydrogen) atoms. The second-order valence-corrected chi connectivity index (χ2v) is 9.95. The quantitative estimate of drug-likeness (QED) is 0.225. The molecule has 1 aromatic heterocycles. The van der Waals surface area contributed by atoms with E-state index >= 15 is 0 Å². The molecule has 8 aromatic carbocycles. The summed E-state index contributed by atoms with van der Waals surface area (Å²) in [5.41, 5.74) is 2.36. The molecular formula is C35H19N. The first-order valence-electron chi connectivity index (χ1n) is 12.5. The van der Waals surface area contributed by atoms with E-state index in [1.54, 1.807) is 0 Å². The molecule has 0 atom stereocenters. The Kier molecular flexibility index (Phi) is 3.34. The van der Waals surface area contributed by atoms with Crippen molar-refractivity contribution >= 4 is 75.4 Å². The van der Waals surface area contributed by atoms with Gasteiger partial charge in [-0.05, 0) is 111 Å². The molecule has 0 bridgehead atoms. The van der Waals surface area contributed by atoms with Crippen molar-refractivity contribution in [1.29, 1.82) is 0 Å². The van der Waals surface area contributed by atoms with E-state index in [0.717, 1.165) is 5.56 Å². The van der Waals surface area contributed by atoms with Crippen molar-refractivity contribution in [1.82, 2.24) is 4.98 Å². The van der Waals surface area contributed by atoms with Crippen LogP contribution in [-0.2, 0) is 0 Å². The van der Waals surface area contributed by atoms with Crippen molar-refractivity contribution in [3.8, 4) is 11.1 Å². The number of nitrogens with zero attached hydrogens (tertiary/aromatic N) is 1. The van der Waals surface area contributed by atoms with Gasteiger partial charge in [0, 0.05) is 18.0 Å². The highest BCUT2D eigenvalue weighted by Crippen LogP contribution is 2.48. The molecule has 0 unspecified atom stereocenters. The lowest BCUT2D eigenvalue weighted by atomic mass is 9.91. The molecule has 1 heterocycles. The Morgan fingerprint density at radius 1 is 0.333 bits per heavy atom. The molecule has 0 aliphatic heterocycles. The Bertz CT molecular complexity index is 2290. The predicted molar refractivity (Wildman–Crippen MR) is 155 cm³/mol. The second kappa shape index (κ2) is 6.47. The van der Waals surface area contributed by atoms with Gasteiger partial charge in [-0.2, -0.15) is 0 Å². The zero-order valence-corrected chi connectivity index (χ0v) is 19.4. The van der Waals surface area contributed by atoms with Crippen molar-refractivity contribution in [3.63, 3.8) is 0 Å². The Hall–Kier alpha value is -4.75. The maximum Gasteiger partial charge on any atom is 0.0346 e. The van der Waals surface area contributed by atoms with E-state index in [2.05, 4.69) is 102 Å². The van der Waals surface area contributed by atoms with Gasteiger partial charge in [-0.25, -0.2) is 0 Å². The van der Waals surface area contributed by atoms with Crippen LogP contribution in [0.25, 0.3) is 86.5 Å². The molecule has 164 valence electrons. The minimum atomic E-state index is 1.15. The molecule has 9 rings (SSSR count). The average molecular weight is 454 g/mol. The summed E-state index contributed by atoms with van der Waals surface area (Å²) in [5.74, 6) is 0. The Labute approximate surface area is 206 Å². The lowest BCUT2D eigenvalue weighted by Crippen LogP contribution is -1.85. The van der Waals surface area contributed by atoms with Crippen LogP contribution in [-0.4, -0.2) is 4.98 Å². The topological polar surface area (TPSA) is 12.9 Å². The molecule has 0 spiro atoms. The zero-order valence-electron chi connectivity index (χ0n) is 19.4. The number of aromatic nitrogens is 1. The highest BCUT2D eigenvalue weighted by Gasteiger charge is 2.19. The van der Waals surface area contributed by atoms with Crippen LogP contribution >= 0.6 is 0 Å². The number of hydrogen-bond acceptors (Lipinski definition) is 1. The number of rotatable bonds is 1. The first-order chi connectivity index (χ1) is 17.9. The normalized spacial score (nSPS) is 12.4. The summed E-state index contributed by atoms with van der Waals surface area (Å²) in [4.78, 5) is 4.42. The zero-order chi connectivity index (χ0) is 23.4. The van der Waals surface area contributed by atoms with E-state index in [1.165, 1.54) is 81.0 Å². The van der Waals surface area contributed by atoms with Crippen molar-refractivity contribution in [2.75, 3.05) is 0 Å². The summed E-state index contributed by atoms with van der Waals surface area (Å²) in [5, 5.41) is 18.8. The summed E-state index contributed by atoms with van der Waals surface area (Å²) in [6, 6.07) is 38.3. The van der Waals surface area contributed by atoms with E-state index in [4.69, 9.17) is 0 Å². The van der Waals surface area contributed by atoms with Gasteiger partial charge in [-0.3, -0.25) is 4.98 Å². The molecule has 0 fully saturated rings. The molecule has 0 amide bonds. The fourth-order valence-corrected chi connectivity index (χ4v) is 6.71. The molecule has 0 radical (unpaired) electrons. The van der Waals surface area contributed by atoms with Crippen LogP contribution in [0, 0.1) is 0 Å². The minimum absolute atomic E-state index is 1.15. The van der Waals surface area contributed by atoms with Crippen LogP contribution in [0.3, 0.4) is 0 Å². The fraction of sp³-hybridized carbons (Fsp3) is 0. The van der Waals surface area contributed by atoms with E-state index in [0.29, 0.717) is 0 Å².